The maximum atomic E-state index is 11.6. The Morgan fingerprint density at radius 1 is 1.50 bits per heavy atom. The normalized spacial score (nSPS) is 16.5. The van der Waals surface area contributed by atoms with Crippen molar-refractivity contribution in [2.45, 2.75) is 51.5 Å². The van der Waals surface area contributed by atoms with Gasteiger partial charge < -0.3 is 10.1 Å². The highest BCUT2D eigenvalue weighted by Crippen LogP contribution is 2.17. The van der Waals surface area contributed by atoms with Crippen molar-refractivity contribution in [1.82, 2.24) is 10.3 Å². The fourth-order valence-electron chi connectivity index (χ4n) is 2.26. The Bertz CT molecular complexity index is 386. The molecule has 5 heteroatoms. The largest absolute Gasteiger partial charge is 0.449 e. The van der Waals surface area contributed by atoms with Gasteiger partial charge in [-0.05, 0) is 19.8 Å². The Morgan fingerprint density at radius 3 is 2.94 bits per heavy atom. The summed E-state index contributed by atoms with van der Waals surface area (Å²) in [5, 5.41) is 2.94. The molecular formula is C13H20N2O2S. The number of hydrogen-bond donors (Lipinski definition) is 1. The number of rotatable bonds is 4. The number of amides is 1. The number of aromatic nitrogens is 1. The molecule has 0 saturated heterocycles. The van der Waals surface area contributed by atoms with Gasteiger partial charge in [0.05, 0.1) is 17.8 Å². The molecular weight excluding hydrogens is 248 g/mol. The first-order valence-corrected chi connectivity index (χ1v) is 7.46. The molecule has 1 N–H and O–H groups in total. The number of nitrogens with one attached hydrogen (secondary N) is 1. The van der Waals surface area contributed by atoms with Crippen LogP contribution in [0, 0.1) is 6.92 Å². The highest BCUT2D eigenvalue weighted by atomic mass is 32.1. The summed E-state index contributed by atoms with van der Waals surface area (Å²) in [6.07, 6.45) is 6.37. The molecule has 1 aliphatic rings. The molecule has 18 heavy (non-hydrogen) atoms. The van der Waals surface area contributed by atoms with Crippen molar-refractivity contribution in [3.63, 3.8) is 0 Å². The lowest BCUT2D eigenvalue weighted by molar-refractivity contribution is 0.140. The molecule has 4 nitrogen and oxygen atoms in total. The standard InChI is InChI=1S/C13H20N2O2S/c1-10-12(18-9-14-10)7-8-17-13(16)15-11-5-3-2-4-6-11/h9,11H,2-8H2,1H3,(H,15,16). The molecule has 0 aromatic carbocycles. The van der Waals surface area contributed by atoms with Crippen LogP contribution >= 0.6 is 11.3 Å². The summed E-state index contributed by atoms with van der Waals surface area (Å²) in [6, 6.07) is 0.316. The lowest BCUT2D eigenvalue weighted by Gasteiger charge is -2.22. The smallest absolute Gasteiger partial charge is 0.407 e. The summed E-state index contributed by atoms with van der Waals surface area (Å²) in [5.74, 6) is 0. The molecule has 1 amide bonds. The quantitative estimate of drug-likeness (QED) is 0.913. The lowest BCUT2D eigenvalue weighted by Crippen LogP contribution is -2.36. The van der Waals surface area contributed by atoms with Crippen LogP contribution in [0.2, 0.25) is 0 Å². The molecule has 1 heterocycles. The van der Waals surface area contributed by atoms with E-state index in [4.69, 9.17) is 4.74 Å². The molecule has 0 radical (unpaired) electrons. The van der Waals surface area contributed by atoms with Crippen molar-refractivity contribution in [2.75, 3.05) is 6.61 Å². The number of hydrogen-bond acceptors (Lipinski definition) is 4. The van der Waals surface area contributed by atoms with Gasteiger partial charge in [-0.25, -0.2) is 9.78 Å². The second kappa shape index (κ2) is 6.73. The highest BCUT2D eigenvalue weighted by Gasteiger charge is 2.16. The predicted octanol–water partition coefficient (Wildman–Crippen LogP) is 3.05. The van der Waals surface area contributed by atoms with E-state index in [0.29, 0.717) is 12.6 Å². The Labute approximate surface area is 112 Å². The zero-order chi connectivity index (χ0) is 12.8. The van der Waals surface area contributed by atoms with E-state index in [-0.39, 0.29) is 6.09 Å². The number of ether oxygens (including phenoxy) is 1. The third-order valence-corrected chi connectivity index (χ3v) is 4.33. The van der Waals surface area contributed by atoms with Gasteiger partial charge in [0.1, 0.15) is 0 Å². The average molecular weight is 268 g/mol. The molecule has 0 aliphatic heterocycles. The fourth-order valence-corrected chi connectivity index (χ4v) is 3.02. The first-order valence-electron chi connectivity index (χ1n) is 6.58. The van der Waals surface area contributed by atoms with Crippen molar-refractivity contribution < 1.29 is 9.53 Å². The van der Waals surface area contributed by atoms with Crippen molar-refractivity contribution in [1.29, 1.82) is 0 Å². The summed E-state index contributed by atoms with van der Waals surface area (Å²) >= 11 is 1.61. The van der Waals surface area contributed by atoms with E-state index in [9.17, 15) is 4.79 Å². The van der Waals surface area contributed by atoms with E-state index in [0.717, 1.165) is 25.0 Å². The zero-order valence-corrected chi connectivity index (χ0v) is 11.6. The predicted molar refractivity (Wildman–Crippen MR) is 71.9 cm³/mol. The van der Waals surface area contributed by atoms with E-state index < -0.39 is 0 Å². The minimum Gasteiger partial charge on any atom is -0.449 e. The van der Waals surface area contributed by atoms with E-state index in [1.165, 1.54) is 24.1 Å². The first kappa shape index (κ1) is 13.3. The SMILES string of the molecule is Cc1ncsc1CCOC(=O)NC1CCCCC1. The third-order valence-electron chi connectivity index (χ3n) is 3.33. The molecule has 0 unspecified atom stereocenters. The van der Waals surface area contributed by atoms with Crippen LogP contribution in [0.4, 0.5) is 4.79 Å². The maximum absolute atomic E-state index is 11.6. The molecule has 2 rings (SSSR count). The maximum Gasteiger partial charge on any atom is 0.407 e. The number of carbonyl (C=O) groups is 1. The highest BCUT2D eigenvalue weighted by molar-refractivity contribution is 7.09. The molecule has 0 atom stereocenters. The summed E-state index contributed by atoms with van der Waals surface area (Å²) in [4.78, 5) is 16.9. The van der Waals surface area contributed by atoms with Crippen LogP contribution in [0.3, 0.4) is 0 Å². The van der Waals surface area contributed by atoms with Gasteiger partial charge in [0.15, 0.2) is 0 Å². The van der Waals surface area contributed by atoms with Crippen molar-refractivity contribution in [3.05, 3.63) is 16.1 Å². The monoisotopic (exact) mass is 268 g/mol. The lowest BCUT2D eigenvalue weighted by atomic mass is 9.96. The van der Waals surface area contributed by atoms with Crippen molar-refractivity contribution in [3.8, 4) is 0 Å². The van der Waals surface area contributed by atoms with Gasteiger partial charge in [-0.1, -0.05) is 19.3 Å². The van der Waals surface area contributed by atoms with Gasteiger partial charge >= 0.3 is 6.09 Å². The molecule has 1 fully saturated rings. The van der Waals surface area contributed by atoms with Gasteiger partial charge in [0.25, 0.3) is 0 Å². The van der Waals surface area contributed by atoms with Gasteiger partial charge in [-0.15, -0.1) is 11.3 Å². The van der Waals surface area contributed by atoms with Crippen LogP contribution in [0.15, 0.2) is 5.51 Å². The molecule has 1 aromatic rings. The fraction of sp³-hybridized carbons (Fsp3) is 0.692. The number of aryl methyl sites for hydroxylation is 1. The van der Waals surface area contributed by atoms with Crippen LogP contribution in [-0.4, -0.2) is 23.7 Å². The van der Waals surface area contributed by atoms with Crippen LogP contribution in [-0.2, 0) is 11.2 Å². The van der Waals surface area contributed by atoms with Gasteiger partial charge in [0, 0.05) is 17.3 Å². The topological polar surface area (TPSA) is 51.2 Å². The number of carbonyl (C=O) groups excluding carboxylic acids is 1. The van der Waals surface area contributed by atoms with E-state index in [2.05, 4.69) is 10.3 Å². The van der Waals surface area contributed by atoms with Crippen LogP contribution in [0.5, 0.6) is 0 Å². The molecule has 100 valence electrons. The van der Waals surface area contributed by atoms with Gasteiger partial charge in [-0.2, -0.15) is 0 Å². The third kappa shape index (κ3) is 3.98. The number of thiazole rings is 1. The minimum atomic E-state index is -0.274. The second-order valence-corrected chi connectivity index (χ2v) is 5.67. The molecule has 1 aliphatic carbocycles. The Kier molecular flexibility index (Phi) is 4.99. The molecule has 1 aromatic heterocycles. The average Bonchev–Trinajstić information content (AvgIpc) is 2.76. The summed E-state index contributed by atoms with van der Waals surface area (Å²) in [7, 11) is 0. The molecule has 0 spiro atoms. The summed E-state index contributed by atoms with van der Waals surface area (Å²) < 4.78 is 5.20. The zero-order valence-electron chi connectivity index (χ0n) is 10.8. The van der Waals surface area contributed by atoms with Crippen molar-refractivity contribution in [2.24, 2.45) is 0 Å². The molecule has 0 bridgehead atoms. The van der Waals surface area contributed by atoms with Crippen LogP contribution < -0.4 is 5.32 Å². The van der Waals surface area contributed by atoms with Crippen LogP contribution in [0.25, 0.3) is 0 Å². The van der Waals surface area contributed by atoms with E-state index >= 15 is 0 Å². The van der Waals surface area contributed by atoms with E-state index in [1.807, 2.05) is 12.4 Å². The summed E-state index contributed by atoms with van der Waals surface area (Å²) in [5.41, 5.74) is 2.86. The number of nitrogens with zero attached hydrogens (tertiary/aromatic N) is 1. The second-order valence-electron chi connectivity index (χ2n) is 4.73. The number of alkyl carbamates (subject to hydrolysis) is 1. The van der Waals surface area contributed by atoms with E-state index in [1.54, 1.807) is 11.3 Å². The van der Waals surface area contributed by atoms with Crippen molar-refractivity contribution >= 4 is 17.4 Å². The first-order chi connectivity index (χ1) is 8.75. The Balaban J connectivity index is 1.64. The molecule has 1 saturated carbocycles. The summed E-state index contributed by atoms with van der Waals surface area (Å²) in [6.45, 7) is 2.41. The van der Waals surface area contributed by atoms with Crippen LogP contribution in [0.1, 0.15) is 42.7 Å². The Hall–Kier alpha value is -1.10. The van der Waals surface area contributed by atoms with Gasteiger partial charge in [0.2, 0.25) is 0 Å². The Morgan fingerprint density at radius 2 is 2.28 bits per heavy atom. The van der Waals surface area contributed by atoms with Gasteiger partial charge in [-0.3, -0.25) is 0 Å². The minimum absolute atomic E-state index is 0.274.